The van der Waals surface area contributed by atoms with Gasteiger partial charge in [-0.15, -0.1) is 0 Å². The molecular formula is C17H16ClNO5S. The van der Waals surface area contributed by atoms with Gasteiger partial charge in [0.15, 0.2) is 21.3 Å². The molecule has 1 heterocycles. The van der Waals surface area contributed by atoms with Gasteiger partial charge in [0.25, 0.3) is 0 Å². The number of carbonyl (C=O) groups excluding carboxylic acids is 1. The van der Waals surface area contributed by atoms with Crippen molar-refractivity contribution in [3.63, 3.8) is 0 Å². The van der Waals surface area contributed by atoms with Crippen LogP contribution in [0.15, 0.2) is 47.4 Å². The molecule has 3 rings (SSSR count). The summed E-state index contributed by atoms with van der Waals surface area (Å²) >= 11 is 5.85. The van der Waals surface area contributed by atoms with Crippen molar-refractivity contribution < 1.29 is 22.7 Å². The van der Waals surface area contributed by atoms with Gasteiger partial charge in [-0.25, -0.2) is 8.42 Å². The molecule has 0 bridgehead atoms. The van der Waals surface area contributed by atoms with E-state index in [4.69, 9.17) is 21.1 Å². The Labute approximate surface area is 150 Å². The lowest BCUT2D eigenvalue weighted by molar-refractivity contribution is -0.115. The Hall–Kier alpha value is -2.25. The maximum Gasteiger partial charge on any atom is 0.225 e. The minimum absolute atomic E-state index is 0.104. The summed E-state index contributed by atoms with van der Waals surface area (Å²) in [6.07, 6.45) is -0.163. The van der Waals surface area contributed by atoms with Crippen molar-refractivity contribution in [2.45, 2.75) is 11.3 Å². The summed E-state index contributed by atoms with van der Waals surface area (Å²) in [5.74, 6) is 0.210. The van der Waals surface area contributed by atoms with Gasteiger partial charge in [-0.05, 0) is 30.3 Å². The van der Waals surface area contributed by atoms with Crippen LogP contribution >= 0.6 is 11.6 Å². The van der Waals surface area contributed by atoms with Crippen LogP contribution in [0.5, 0.6) is 11.5 Å². The number of anilines is 1. The summed E-state index contributed by atoms with van der Waals surface area (Å²) in [4.78, 5) is 12.1. The van der Waals surface area contributed by atoms with E-state index in [1.54, 1.807) is 30.3 Å². The van der Waals surface area contributed by atoms with E-state index in [2.05, 4.69) is 5.32 Å². The average molecular weight is 382 g/mol. The summed E-state index contributed by atoms with van der Waals surface area (Å²) in [5, 5.41) is 3.11. The molecule has 0 unspecified atom stereocenters. The van der Waals surface area contributed by atoms with Gasteiger partial charge < -0.3 is 14.8 Å². The summed E-state index contributed by atoms with van der Waals surface area (Å²) in [6, 6.07) is 11.1. The highest BCUT2D eigenvalue weighted by atomic mass is 35.5. The standard InChI is InChI=1S/C17H16ClNO5S/c18-12-2-1-3-13(10-12)19-17(20)6-9-25(21,22)14-4-5-15-16(11-14)24-8-7-23-15/h1-5,10-11H,6-9H2,(H,19,20). The molecule has 1 aliphatic heterocycles. The number of ether oxygens (including phenoxy) is 2. The molecule has 0 atom stereocenters. The van der Waals surface area contributed by atoms with Crippen LogP contribution in [-0.2, 0) is 14.6 Å². The molecule has 2 aromatic rings. The Bertz CT molecular complexity index is 898. The smallest absolute Gasteiger partial charge is 0.225 e. The van der Waals surface area contributed by atoms with E-state index in [1.807, 2.05) is 0 Å². The number of hydrogen-bond acceptors (Lipinski definition) is 5. The van der Waals surface area contributed by atoms with Crippen LogP contribution < -0.4 is 14.8 Å². The van der Waals surface area contributed by atoms with E-state index in [0.717, 1.165) is 0 Å². The molecule has 0 aliphatic carbocycles. The summed E-state index contributed by atoms with van der Waals surface area (Å²) in [7, 11) is -3.61. The first kappa shape index (κ1) is 17.6. The van der Waals surface area contributed by atoms with E-state index >= 15 is 0 Å². The van der Waals surface area contributed by atoms with Gasteiger partial charge in [0.2, 0.25) is 5.91 Å². The van der Waals surface area contributed by atoms with E-state index in [-0.39, 0.29) is 17.1 Å². The second-order valence-electron chi connectivity index (χ2n) is 5.43. The molecule has 0 saturated heterocycles. The number of sulfone groups is 1. The lowest BCUT2D eigenvalue weighted by Crippen LogP contribution is -2.18. The largest absolute Gasteiger partial charge is 0.486 e. The van der Waals surface area contributed by atoms with Gasteiger partial charge >= 0.3 is 0 Å². The molecule has 0 fully saturated rings. The Morgan fingerprint density at radius 2 is 1.84 bits per heavy atom. The molecule has 1 amide bonds. The van der Waals surface area contributed by atoms with Crippen molar-refractivity contribution in [1.29, 1.82) is 0 Å². The molecule has 0 spiro atoms. The number of rotatable bonds is 5. The number of carbonyl (C=O) groups is 1. The van der Waals surface area contributed by atoms with Crippen molar-refractivity contribution in [3.05, 3.63) is 47.5 Å². The van der Waals surface area contributed by atoms with Gasteiger partial charge in [-0.3, -0.25) is 4.79 Å². The Morgan fingerprint density at radius 1 is 1.08 bits per heavy atom. The monoisotopic (exact) mass is 381 g/mol. The highest BCUT2D eigenvalue weighted by molar-refractivity contribution is 7.91. The predicted octanol–water partition coefficient (Wildman–Crippen LogP) is 2.91. The molecule has 8 heteroatoms. The third-order valence-electron chi connectivity index (χ3n) is 3.58. The predicted molar refractivity (Wildman–Crippen MR) is 94.2 cm³/mol. The van der Waals surface area contributed by atoms with E-state index in [1.165, 1.54) is 12.1 Å². The fourth-order valence-corrected chi connectivity index (χ4v) is 3.79. The van der Waals surface area contributed by atoms with Gasteiger partial charge in [0, 0.05) is 23.2 Å². The highest BCUT2D eigenvalue weighted by Crippen LogP contribution is 2.32. The van der Waals surface area contributed by atoms with Crippen molar-refractivity contribution in [2.24, 2.45) is 0 Å². The number of amides is 1. The zero-order valence-electron chi connectivity index (χ0n) is 13.2. The molecule has 6 nitrogen and oxygen atoms in total. The van der Waals surface area contributed by atoms with Crippen molar-refractivity contribution >= 4 is 33.0 Å². The minimum Gasteiger partial charge on any atom is -0.486 e. The summed E-state index contributed by atoms with van der Waals surface area (Å²) < 4.78 is 35.6. The van der Waals surface area contributed by atoms with Gasteiger partial charge in [0.05, 0.1) is 10.6 Å². The van der Waals surface area contributed by atoms with Crippen molar-refractivity contribution in [3.8, 4) is 11.5 Å². The maximum absolute atomic E-state index is 12.4. The average Bonchev–Trinajstić information content (AvgIpc) is 2.60. The maximum atomic E-state index is 12.4. The van der Waals surface area contributed by atoms with E-state index in [9.17, 15) is 13.2 Å². The quantitative estimate of drug-likeness (QED) is 0.861. The number of benzene rings is 2. The molecule has 0 saturated carbocycles. The van der Waals surface area contributed by atoms with Gasteiger partial charge in [-0.2, -0.15) is 0 Å². The molecule has 25 heavy (non-hydrogen) atoms. The lowest BCUT2D eigenvalue weighted by atomic mass is 10.3. The number of fused-ring (bicyclic) bond motifs is 1. The summed E-state index contributed by atoms with van der Waals surface area (Å²) in [5.41, 5.74) is 0.522. The van der Waals surface area contributed by atoms with Gasteiger partial charge in [0.1, 0.15) is 13.2 Å². The van der Waals surface area contributed by atoms with Crippen molar-refractivity contribution in [1.82, 2.24) is 0 Å². The first-order chi connectivity index (χ1) is 11.9. The first-order valence-electron chi connectivity index (χ1n) is 7.62. The molecule has 1 aliphatic rings. The fourth-order valence-electron chi connectivity index (χ4n) is 2.35. The second-order valence-corrected chi connectivity index (χ2v) is 7.98. The van der Waals surface area contributed by atoms with Crippen LogP contribution in [0.4, 0.5) is 5.69 Å². The van der Waals surface area contributed by atoms with Crippen LogP contribution in [0.2, 0.25) is 5.02 Å². The SMILES string of the molecule is O=C(CCS(=O)(=O)c1ccc2c(c1)OCCO2)Nc1cccc(Cl)c1. The Morgan fingerprint density at radius 3 is 2.60 bits per heavy atom. The van der Waals surface area contributed by atoms with Crippen LogP contribution in [0, 0.1) is 0 Å². The third-order valence-corrected chi connectivity index (χ3v) is 5.53. The van der Waals surface area contributed by atoms with Crippen LogP contribution in [0.1, 0.15) is 6.42 Å². The van der Waals surface area contributed by atoms with Gasteiger partial charge in [-0.1, -0.05) is 17.7 Å². The molecule has 132 valence electrons. The zero-order chi connectivity index (χ0) is 17.9. The first-order valence-corrected chi connectivity index (χ1v) is 9.65. The van der Waals surface area contributed by atoms with Crippen LogP contribution in [0.25, 0.3) is 0 Å². The van der Waals surface area contributed by atoms with Crippen LogP contribution in [-0.4, -0.2) is 33.3 Å². The molecule has 1 N–H and O–H groups in total. The summed E-state index contributed by atoms with van der Waals surface area (Å²) in [6.45, 7) is 0.807. The number of halogens is 1. The Kier molecular flexibility index (Phi) is 5.15. The third kappa shape index (κ3) is 4.43. The molecule has 2 aromatic carbocycles. The number of nitrogens with one attached hydrogen (secondary N) is 1. The lowest BCUT2D eigenvalue weighted by Gasteiger charge is -2.18. The number of hydrogen-bond donors (Lipinski definition) is 1. The zero-order valence-corrected chi connectivity index (χ0v) is 14.8. The molecule has 0 aromatic heterocycles. The Balaban J connectivity index is 1.64. The van der Waals surface area contributed by atoms with Crippen molar-refractivity contribution in [2.75, 3.05) is 24.3 Å². The fraction of sp³-hybridized carbons (Fsp3) is 0.235. The molecular weight excluding hydrogens is 366 g/mol. The highest BCUT2D eigenvalue weighted by Gasteiger charge is 2.20. The second kappa shape index (κ2) is 7.33. The molecule has 0 radical (unpaired) electrons. The normalized spacial score (nSPS) is 13.3. The van der Waals surface area contributed by atoms with E-state index < -0.39 is 15.7 Å². The van der Waals surface area contributed by atoms with E-state index in [0.29, 0.717) is 35.4 Å². The van der Waals surface area contributed by atoms with Crippen LogP contribution in [0.3, 0.4) is 0 Å². The topological polar surface area (TPSA) is 81.7 Å². The minimum atomic E-state index is -3.61.